The first kappa shape index (κ1) is 17.4. The fraction of sp³-hybridized carbons (Fsp3) is 0.588. The number of benzene rings is 1. The Morgan fingerprint density at radius 2 is 1.92 bits per heavy atom. The van der Waals surface area contributed by atoms with E-state index in [2.05, 4.69) is 0 Å². The maximum atomic E-state index is 12.9. The van der Waals surface area contributed by atoms with Crippen LogP contribution in [0.2, 0.25) is 0 Å². The number of morpholine rings is 1. The third-order valence-electron chi connectivity index (χ3n) is 4.77. The summed E-state index contributed by atoms with van der Waals surface area (Å²) in [5.41, 5.74) is 1.75. The van der Waals surface area contributed by atoms with Crippen LogP contribution >= 0.6 is 0 Å². The molecule has 0 unspecified atom stereocenters. The normalized spacial score (nSPS) is 22.7. The minimum absolute atomic E-state index is 0.0490. The number of amides is 1. The molecule has 2 fully saturated rings. The van der Waals surface area contributed by atoms with Crippen LogP contribution in [0.1, 0.15) is 24.0 Å². The van der Waals surface area contributed by atoms with Crippen LogP contribution in [0.4, 0.5) is 0 Å². The Morgan fingerprint density at radius 3 is 2.62 bits per heavy atom. The van der Waals surface area contributed by atoms with Crippen molar-refractivity contribution < 1.29 is 17.9 Å². The fourth-order valence-corrected chi connectivity index (χ4v) is 5.24. The Kier molecular flexibility index (Phi) is 5.22. The number of ether oxygens (including phenoxy) is 1. The first-order valence-corrected chi connectivity index (χ1v) is 10.0. The first-order chi connectivity index (χ1) is 11.5. The number of nitrogens with zero attached hydrogens (tertiary/aromatic N) is 2. The molecule has 7 heteroatoms. The lowest BCUT2D eigenvalue weighted by molar-refractivity contribution is -0.138. The van der Waals surface area contributed by atoms with E-state index in [1.54, 1.807) is 4.90 Å². The number of aryl methyl sites for hydroxylation is 1. The van der Waals surface area contributed by atoms with E-state index in [0.717, 1.165) is 17.5 Å². The van der Waals surface area contributed by atoms with Gasteiger partial charge in [0.05, 0.1) is 19.0 Å². The van der Waals surface area contributed by atoms with E-state index < -0.39 is 16.1 Å². The van der Waals surface area contributed by atoms with Crippen LogP contribution in [0, 0.1) is 6.92 Å². The first-order valence-electron chi connectivity index (χ1n) is 8.39. The molecular weight excluding hydrogens is 328 g/mol. The summed E-state index contributed by atoms with van der Waals surface area (Å²) in [6.07, 6.45) is 1.33. The van der Waals surface area contributed by atoms with Crippen LogP contribution in [-0.4, -0.2) is 62.4 Å². The fourth-order valence-electron chi connectivity index (χ4n) is 3.37. The minimum Gasteiger partial charge on any atom is -0.378 e. The zero-order valence-electron chi connectivity index (χ0n) is 14.0. The molecule has 1 aromatic rings. The van der Waals surface area contributed by atoms with Gasteiger partial charge < -0.3 is 9.64 Å². The van der Waals surface area contributed by atoms with Crippen molar-refractivity contribution in [3.63, 3.8) is 0 Å². The topological polar surface area (TPSA) is 66.9 Å². The van der Waals surface area contributed by atoms with Crippen LogP contribution < -0.4 is 0 Å². The number of hydrogen-bond acceptors (Lipinski definition) is 4. The predicted octanol–water partition coefficient (Wildman–Crippen LogP) is 1.15. The molecule has 1 amide bonds. The van der Waals surface area contributed by atoms with Gasteiger partial charge in [0, 0.05) is 19.6 Å². The second-order valence-electron chi connectivity index (χ2n) is 6.39. The Labute approximate surface area is 143 Å². The molecule has 6 nitrogen and oxygen atoms in total. The molecule has 0 N–H and O–H groups in total. The molecule has 24 heavy (non-hydrogen) atoms. The summed E-state index contributed by atoms with van der Waals surface area (Å²) in [5, 5.41) is 0. The van der Waals surface area contributed by atoms with E-state index in [0.29, 0.717) is 39.3 Å². The lowest BCUT2D eigenvalue weighted by Gasteiger charge is -2.32. The highest BCUT2D eigenvalue weighted by Crippen LogP contribution is 2.26. The summed E-state index contributed by atoms with van der Waals surface area (Å²) >= 11 is 0. The summed E-state index contributed by atoms with van der Waals surface area (Å²) in [7, 11) is -3.51. The smallest absolute Gasteiger partial charge is 0.241 e. The second-order valence-corrected chi connectivity index (χ2v) is 8.31. The van der Waals surface area contributed by atoms with Crippen molar-refractivity contribution in [1.82, 2.24) is 9.21 Å². The van der Waals surface area contributed by atoms with Gasteiger partial charge in [-0.05, 0) is 30.9 Å². The Morgan fingerprint density at radius 1 is 1.21 bits per heavy atom. The van der Waals surface area contributed by atoms with Gasteiger partial charge in [0.1, 0.15) is 6.04 Å². The Bertz CT molecular complexity index is 698. The van der Waals surface area contributed by atoms with Gasteiger partial charge in [0.25, 0.3) is 0 Å². The maximum absolute atomic E-state index is 12.9. The predicted molar refractivity (Wildman–Crippen MR) is 90.9 cm³/mol. The maximum Gasteiger partial charge on any atom is 0.241 e. The summed E-state index contributed by atoms with van der Waals surface area (Å²) in [4.78, 5) is 14.5. The average Bonchev–Trinajstić information content (AvgIpc) is 3.08. The van der Waals surface area contributed by atoms with Crippen molar-refractivity contribution in [2.45, 2.75) is 31.6 Å². The monoisotopic (exact) mass is 352 g/mol. The van der Waals surface area contributed by atoms with Gasteiger partial charge in [0.2, 0.25) is 15.9 Å². The molecule has 2 saturated heterocycles. The van der Waals surface area contributed by atoms with Crippen LogP contribution in [0.3, 0.4) is 0 Å². The lowest BCUT2D eigenvalue weighted by atomic mass is 10.1. The van der Waals surface area contributed by atoms with Crippen LogP contribution in [0.15, 0.2) is 24.3 Å². The van der Waals surface area contributed by atoms with Crippen LogP contribution in [0.25, 0.3) is 0 Å². The molecule has 1 atom stereocenters. The van der Waals surface area contributed by atoms with Gasteiger partial charge in [-0.25, -0.2) is 8.42 Å². The van der Waals surface area contributed by atoms with Crippen molar-refractivity contribution >= 4 is 15.9 Å². The number of carbonyl (C=O) groups is 1. The second kappa shape index (κ2) is 7.21. The highest BCUT2D eigenvalue weighted by molar-refractivity contribution is 7.88. The van der Waals surface area contributed by atoms with Crippen molar-refractivity contribution in [2.24, 2.45) is 0 Å². The molecule has 132 valence electrons. The largest absolute Gasteiger partial charge is 0.378 e. The van der Waals surface area contributed by atoms with Crippen LogP contribution in [0.5, 0.6) is 0 Å². The summed E-state index contributed by atoms with van der Waals surface area (Å²) < 4.78 is 32.5. The van der Waals surface area contributed by atoms with E-state index in [1.807, 2.05) is 31.2 Å². The van der Waals surface area contributed by atoms with Crippen molar-refractivity contribution in [2.75, 3.05) is 32.8 Å². The van der Waals surface area contributed by atoms with E-state index in [1.165, 1.54) is 4.31 Å². The SMILES string of the molecule is Cc1ccccc1CS(=O)(=O)N1CCC[C@@H]1C(=O)N1CCOCC1. The third kappa shape index (κ3) is 3.63. The quantitative estimate of drug-likeness (QED) is 0.815. The molecule has 2 heterocycles. The van der Waals surface area contributed by atoms with Gasteiger partial charge in [-0.15, -0.1) is 0 Å². The average molecular weight is 352 g/mol. The molecule has 0 saturated carbocycles. The minimum atomic E-state index is -3.51. The molecule has 2 aliphatic rings. The van der Waals surface area contributed by atoms with Crippen molar-refractivity contribution in [1.29, 1.82) is 0 Å². The Balaban J connectivity index is 1.76. The van der Waals surface area contributed by atoms with Gasteiger partial charge in [-0.2, -0.15) is 4.31 Å². The third-order valence-corrected chi connectivity index (χ3v) is 6.60. The summed E-state index contributed by atoms with van der Waals surface area (Å²) in [5.74, 6) is -0.129. The van der Waals surface area contributed by atoms with Gasteiger partial charge in [0.15, 0.2) is 0 Å². The lowest BCUT2D eigenvalue weighted by Crippen LogP contribution is -2.51. The van der Waals surface area contributed by atoms with Crippen molar-refractivity contribution in [3.8, 4) is 0 Å². The van der Waals surface area contributed by atoms with Crippen molar-refractivity contribution in [3.05, 3.63) is 35.4 Å². The summed E-state index contributed by atoms with van der Waals surface area (Å²) in [6.45, 7) is 4.46. The molecule has 0 aromatic heterocycles. The van der Waals surface area contributed by atoms with Gasteiger partial charge >= 0.3 is 0 Å². The highest BCUT2D eigenvalue weighted by Gasteiger charge is 2.40. The molecule has 0 spiro atoms. The van der Waals surface area contributed by atoms with Crippen LogP contribution in [-0.2, 0) is 25.3 Å². The molecule has 0 bridgehead atoms. The molecule has 1 aromatic carbocycles. The molecular formula is C17H24N2O4S. The molecule has 2 aliphatic heterocycles. The highest BCUT2D eigenvalue weighted by atomic mass is 32.2. The number of hydrogen-bond donors (Lipinski definition) is 0. The zero-order chi connectivity index (χ0) is 17.2. The zero-order valence-corrected chi connectivity index (χ0v) is 14.8. The summed E-state index contributed by atoms with van der Waals surface area (Å²) in [6, 6.07) is 6.93. The Hall–Kier alpha value is -1.44. The standard InChI is InChI=1S/C17H24N2O4S/c1-14-5-2-3-6-15(14)13-24(21,22)19-8-4-7-16(19)17(20)18-9-11-23-12-10-18/h2-3,5-6,16H,4,7-13H2,1H3/t16-/m1/s1. The number of rotatable bonds is 4. The van der Waals surface area contributed by atoms with E-state index in [9.17, 15) is 13.2 Å². The molecule has 0 radical (unpaired) electrons. The van der Waals surface area contributed by atoms with E-state index in [-0.39, 0.29) is 11.7 Å². The van der Waals surface area contributed by atoms with Gasteiger partial charge in [-0.3, -0.25) is 4.79 Å². The van der Waals surface area contributed by atoms with E-state index in [4.69, 9.17) is 4.74 Å². The number of sulfonamides is 1. The van der Waals surface area contributed by atoms with E-state index >= 15 is 0 Å². The number of carbonyl (C=O) groups excluding carboxylic acids is 1. The van der Waals surface area contributed by atoms with Gasteiger partial charge in [-0.1, -0.05) is 24.3 Å². The molecule has 3 rings (SSSR count). The molecule has 0 aliphatic carbocycles.